The highest BCUT2D eigenvalue weighted by molar-refractivity contribution is 7.94. The number of anilines is 1. The van der Waals surface area contributed by atoms with Gasteiger partial charge in [-0.1, -0.05) is 24.6 Å². The molecule has 8 nitrogen and oxygen atoms in total. The topological polar surface area (TPSA) is 107 Å². The van der Waals surface area contributed by atoms with Crippen LogP contribution in [0.4, 0.5) is 10.1 Å². The van der Waals surface area contributed by atoms with Crippen molar-refractivity contribution in [2.75, 3.05) is 18.0 Å². The third-order valence-electron chi connectivity index (χ3n) is 4.96. The minimum absolute atomic E-state index is 0.0472. The van der Waals surface area contributed by atoms with Gasteiger partial charge in [-0.05, 0) is 44.4 Å². The van der Waals surface area contributed by atoms with Crippen molar-refractivity contribution in [1.29, 1.82) is 0 Å². The summed E-state index contributed by atoms with van der Waals surface area (Å²) in [4.78, 5) is 37.4. The van der Waals surface area contributed by atoms with Crippen molar-refractivity contribution in [2.24, 2.45) is 5.92 Å². The monoisotopic (exact) mass is 489 g/mol. The van der Waals surface area contributed by atoms with E-state index in [2.05, 4.69) is 4.74 Å². The third kappa shape index (κ3) is 5.66. The Bertz CT molecular complexity index is 1020. The second kappa shape index (κ2) is 10.9. The van der Waals surface area contributed by atoms with Gasteiger partial charge in [0.25, 0.3) is 0 Å². The molecular formula is C21H25ClFNO7S. The molecule has 0 aliphatic heterocycles. The second-order valence-electron chi connectivity index (χ2n) is 7.22. The van der Waals surface area contributed by atoms with Gasteiger partial charge in [-0.15, -0.1) is 0 Å². The van der Waals surface area contributed by atoms with Crippen molar-refractivity contribution in [2.45, 2.75) is 44.8 Å². The van der Waals surface area contributed by atoms with Crippen LogP contribution in [-0.2, 0) is 33.9 Å². The number of sulfonamides is 1. The number of carbonyl (C=O) groups is 3. The van der Waals surface area contributed by atoms with Crippen molar-refractivity contribution < 1.29 is 36.7 Å². The molecule has 32 heavy (non-hydrogen) atoms. The van der Waals surface area contributed by atoms with E-state index in [1.54, 1.807) is 6.92 Å². The lowest BCUT2D eigenvalue weighted by molar-refractivity contribution is -0.143. The first-order valence-electron chi connectivity index (χ1n) is 10.0. The Balaban J connectivity index is 2.60. The molecule has 0 saturated carbocycles. The van der Waals surface area contributed by atoms with Gasteiger partial charge in [-0.25, -0.2) is 21.9 Å². The minimum atomic E-state index is -4.56. The van der Waals surface area contributed by atoms with Crippen LogP contribution in [0.2, 0.25) is 5.02 Å². The zero-order chi connectivity index (χ0) is 24.1. The lowest BCUT2D eigenvalue weighted by atomic mass is 9.99. The molecule has 0 heterocycles. The zero-order valence-electron chi connectivity index (χ0n) is 18.0. The number of amides is 1. The summed E-state index contributed by atoms with van der Waals surface area (Å²) in [6.07, 6.45) is 2.11. The second-order valence-corrected chi connectivity index (χ2v) is 9.60. The van der Waals surface area contributed by atoms with E-state index < -0.39 is 44.9 Å². The first-order valence-corrected chi connectivity index (χ1v) is 11.9. The van der Waals surface area contributed by atoms with Gasteiger partial charge in [-0.2, -0.15) is 0 Å². The number of methoxy groups -OCH3 is 1. The van der Waals surface area contributed by atoms with Crippen molar-refractivity contribution >= 4 is 45.2 Å². The molecule has 2 atom stereocenters. The molecule has 0 saturated heterocycles. The minimum Gasteiger partial charge on any atom is -0.469 e. The molecule has 1 aliphatic carbocycles. The van der Waals surface area contributed by atoms with Crippen LogP contribution in [0.3, 0.4) is 0 Å². The van der Waals surface area contributed by atoms with Gasteiger partial charge < -0.3 is 9.47 Å². The van der Waals surface area contributed by atoms with E-state index >= 15 is 0 Å². The summed E-state index contributed by atoms with van der Waals surface area (Å²) in [5.41, 5.74) is -0.349. The highest BCUT2D eigenvalue weighted by atomic mass is 35.5. The Kier molecular flexibility index (Phi) is 8.80. The summed E-state index contributed by atoms with van der Waals surface area (Å²) in [6, 6.07) is 2.90. The summed E-state index contributed by atoms with van der Waals surface area (Å²) >= 11 is 6.10. The van der Waals surface area contributed by atoms with Gasteiger partial charge >= 0.3 is 11.9 Å². The summed E-state index contributed by atoms with van der Waals surface area (Å²) in [6.45, 7) is 3.00. The lowest BCUT2D eigenvalue weighted by Gasteiger charge is -2.32. The number of rotatable bonds is 8. The van der Waals surface area contributed by atoms with E-state index in [1.165, 1.54) is 13.0 Å². The molecule has 0 radical (unpaired) electrons. The number of esters is 2. The first-order chi connectivity index (χ1) is 15.0. The highest BCUT2D eigenvalue weighted by Gasteiger charge is 2.43. The van der Waals surface area contributed by atoms with E-state index in [0.29, 0.717) is 17.1 Å². The third-order valence-corrected chi connectivity index (χ3v) is 7.35. The number of allylic oxidation sites excluding steroid dienone is 1. The molecule has 0 bridgehead atoms. The maximum Gasteiger partial charge on any atom is 0.335 e. The van der Waals surface area contributed by atoms with Crippen LogP contribution < -0.4 is 4.31 Å². The molecular weight excluding hydrogens is 465 g/mol. The van der Waals surface area contributed by atoms with E-state index in [9.17, 15) is 27.2 Å². The number of halogens is 2. The predicted molar refractivity (Wildman–Crippen MR) is 116 cm³/mol. The SMILES string of the molecule is CCOC(=O)C1=CCCC[C@@H]1S(=O)(=O)N(C(=O)[C@@H](C)CC(=O)OC)c1ccc(F)cc1Cl. The summed E-state index contributed by atoms with van der Waals surface area (Å²) in [5.74, 6) is -4.29. The molecule has 0 spiro atoms. The summed E-state index contributed by atoms with van der Waals surface area (Å²) < 4.78 is 51.1. The van der Waals surface area contributed by atoms with Crippen LogP contribution in [0.15, 0.2) is 29.8 Å². The van der Waals surface area contributed by atoms with Gasteiger partial charge in [0.05, 0.1) is 36.4 Å². The molecule has 0 aromatic heterocycles. The van der Waals surface area contributed by atoms with Crippen molar-refractivity contribution in [3.8, 4) is 0 Å². The van der Waals surface area contributed by atoms with E-state index in [0.717, 1.165) is 25.3 Å². The molecule has 176 valence electrons. The smallest absolute Gasteiger partial charge is 0.335 e. The van der Waals surface area contributed by atoms with Crippen LogP contribution in [0.25, 0.3) is 0 Å². The van der Waals surface area contributed by atoms with Gasteiger partial charge in [0, 0.05) is 5.92 Å². The molecule has 0 N–H and O–H groups in total. The van der Waals surface area contributed by atoms with Gasteiger partial charge in [0.15, 0.2) is 0 Å². The number of nitrogens with zero attached hydrogens (tertiary/aromatic N) is 1. The fourth-order valence-corrected chi connectivity index (χ4v) is 5.76. The van der Waals surface area contributed by atoms with Gasteiger partial charge in [-0.3, -0.25) is 9.59 Å². The number of benzene rings is 1. The highest BCUT2D eigenvalue weighted by Crippen LogP contribution is 2.36. The Morgan fingerprint density at radius 3 is 2.59 bits per heavy atom. The van der Waals surface area contributed by atoms with Crippen molar-refractivity contribution in [3.63, 3.8) is 0 Å². The van der Waals surface area contributed by atoms with Crippen LogP contribution in [0.5, 0.6) is 0 Å². The molecule has 1 amide bonds. The largest absolute Gasteiger partial charge is 0.469 e. The standard InChI is InChI=1S/C21H25ClFNO7S/c1-4-31-21(27)15-7-5-6-8-18(15)32(28,29)24(17-10-9-14(23)12-16(17)22)20(26)13(2)11-19(25)30-3/h7,9-10,12-13,18H,4-6,8,11H2,1-3H3/t13-,18-/m0/s1. The fourth-order valence-electron chi connectivity index (χ4n) is 3.36. The maximum atomic E-state index is 13.7. The van der Waals surface area contributed by atoms with Gasteiger partial charge in [0.1, 0.15) is 11.1 Å². The Morgan fingerprint density at radius 2 is 2.00 bits per heavy atom. The molecule has 1 aliphatic rings. The molecule has 1 aromatic rings. The van der Waals surface area contributed by atoms with Gasteiger partial charge in [0.2, 0.25) is 15.9 Å². The van der Waals surface area contributed by atoms with E-state index in [-0.39, 0.29) is 35.7 Å². The normalized spacial score (nSPS) is 17.2. The van der Waals surface area contributed by atoms with Crippen LogP contribution >= 0.6 is 11.6 Å². The molecule has 2 rings (SSSR count). The van der Waals surface area contributed by atoms with Crippen molar-refractivity contribution in [1.82, 2.24) is 0 Å². The Labute approximate surface area is 191 Å². The van der Waals surface area contributed by atoms with E-state index in [4.69, 9.17) is 16.3 Å². The zero-order valence-corrected chi connectivity index (χ0v) is 19.5. The fraction of sp³-hybridized carbons (Fsp3) is 0.476. The van der Waals surface area contributed by atoms with Crippen LogP contribution in [0.1, 0.15) is 39.5 Å². The number of ether oxygens (including phenoxy) is 2. The molecule has 0 unspecified atom stereocenters. The molecule has 0 fully saturated rings. The molecule has 1 aromatic carbocycles. The molecule has 11 heteroatoms. The summed E-state index contributed by atoms with van der Waals surface area (Å²) in [5, 5.41) is -1.68. The average molecular weight is 490 g/mol. The Hall–Kier alpha value is -2.46. The lowest BCUT2D eigenvalue weighted by Crippen LogP contribution is -2.47. The number of carbonyl (C=O) groups excluding carboxylic acids is 3. The summed E-state index contributed by atoms with van der Waals surface area (Å²) in [7, 11) is -3.41. The van der Waals surface area contributed by atoms with Crippen LogP contribution in [-0.4, -0.2) is 45.2 Å². The Morgan fingerprint density at radius 1 is 1.31 bits per heavy atom. The maximum absolute atomic E-state index is 13.7. The quantitative estimate of drug-likeness (QED) is 0.515. The first kappa shape index (κ1) is 25.8. The average Bonchev–Trinajstić information content (AvgIpc) is 2.75. The predicted octanol–water partition coefficient (Wildman–Crippen LogP) is 3.38. The number of hydrogen-bond donors (Lipinski definition) is 0. The number of hydrogen-bond acceptors (Lipinski definition) is 7. The van der Waals surface area contributed by atoms with E-state index in [1.807, 2.05) is 0 Å². The van der Waals surface area contributed by atoms with Crippen LogP contribution in [0, 0.1) is 11.7 Å². The van der Waals surface area contributed by atoms with Crippen molar-refractivity contribution in [3.05, 3.63) is 40.7 Å².